The molecular weight excluding hydrogens is 420 g/mol. The second-order valence-electron chi connectivity index (χ2n) is 7.75. The first-order valence-electron chi connectivity index (χ1n) is 8.71. The van der Waals surface area contributed by atoms with E-state index >= 15 is 0 Å². The molecule has 1 amide bonds. The quantitative estimate of drug-likeness (QED) is 0.764. The number of nitrogens with zero attached hydrogens (tertiary/aromatic N) is 1. The van der Waals surface area contributed by atoms with Gasteiger partial charge in [-0.3, -0.25) is 0 Å². The van der Waals surface area contributed by atoms with Crippen LogP contribution in [0.1, 0.15) is 39.2 Å². The molecule has 6 nitrogen and oxygen atoms in total. The highest BCUT2D eigenvalue weighted by atomic mass is 79.9. The molecule has 8 heteroatoms. The van der Waals surface area contributed by atoms with Crippen molar-refractivity contribution in [2.75, 3.05) is 19.6 Å². The van der Waals surface area contributed by atoms with E-state index < -0.39 is 15.6 Å². The molecule has 1 atom stereocenters. The standard InChI is InChI=1S/C18H27BrN2O4S/c1-13-8-15(19)10-16(9-13)26(23,24)20-11-14-6-5-7-21(12-14)17(22)25-18(2,3)4/h8-10,14,20H,5-7,11-12H2,1-4H3. The van der Waals surface area contributed by atoms with Crippen LogP contribution in [0.2, 0.25) is 0 Å². The van der Waals surface area contributed by atoms with E-state index in [1.165, 1.54) is 0 Å². The second kappa shape index (κ2) is 8.27. The number of piperidine rings is 1. The Morgan fingerprint density at radius 3 is 2.65 bits per heavy atom. The second-order valence-corrected chi connectivity index (χ2v) is 10.4. The number of carbonyl (C=O) groups excluding carboxylic acids is 1. The Hall–Kier alpha value is -1.12. The lowest BCUT2D eigenvalue weighted by Gasteiger charge is -2.34. The summed E-state index contributed by atoms with van der Waals surface area (Å²) in [6.07, 6.45) is 1.37. The van der Waals surface area contributed by atoms with Crippen molar-refractivity contribution in [2.24, 2.45) is 5.92 Å². The summed E-state index contributed by atoms with van der Waals surface area (Å²) in [5.41, 5.74) is 0.331. The lowest BCUT2D eigenvalue weighted by molar-refractivity contribution is 0.0169. The van der Waals surface area contributed by atoms with Crippen LogP contribution in [0.5, 0.6) is 0 Å². The number of ether oxygens (including phenoxy) is 1. The number of carbonyl (C=O) groups is 1. The van der Waals surface area contributed by atoms with E-state index in [-0.39, 0.29) is 16.9 Å². The molecule has 0 saturated carbocycles. The van der Waals surface area contributed by atoms with Crippen molar-refractivity contribution in [2.45, 2.75) is 51.0 Å². The van der Waals surface area contributed by atoms with Gasteiger partial charge in [-0.15, -0.1) is 0 Å². The van der Waals surface area contributed by atoms with E-state index in [0.717, 1.165) is 22.9 Å². The van der Waals surface area contributed by atoms with Crippen LogP contribution < -0.4 is 4.72 Å². The molecule has 0 radical (unpaired) electrons. The van der Waals surface area contributed by atoms with Gasteiger partial charge in [-0.2, -0.15) is 0 Å². The molecule has 146 valence electrons. The van der Waals surface area contributed by atoms with Gasteiger partial charge in [0.2, 0.25) is 10.0 Å². The van der Waals surface area contributed by atoms with Gasteiger partial charge < -0.3 is 9.64 Å². The number of likely N-dealkylation sites (tertiary alicyclic amines) is 1. The summed E-state index contributed by atoms with van der Waals surface area (Å²) in [4.78, 5) is 14.1. The molecule has 0 spiro atoms. The van der Waals surface area contributed by atoms with Gasteiger partial charge in [-0.05, 0) is 70.2 Å². The van der Waals surface area contributed by atoms with Gasteiger partial charge in [0.15, 0.2) is 0 Å². The van der Waals surface area contributed by atoms with Crippen LogP contribution in [0.4, 0.5) is 4.79 Å². The molecule has 0 aromatic heterocycles. The molecule has 0 bridgehead atoms. The minimum absolute atomic E-state index is 0.0688. The van der Waals surface area contributed by atoms with Gasteiger partial charge in [0.25, 0.3) is 0 Å². The van der Waals surface area contributed by atoms with Crippen molar-refractivity contribution >= 4 is 32.0 Å². The number of hydrogen-bond donors (Lipinski definition) is 1. The van der Waals surface area contributed by atoms with Gasteiger partial charge in [0.1, 0.15) is 5.60 Å². The Labute approximate surface area is 164 Å². The molecule has 1 saturated heterocycles. The molecule has 1 aromatic carbocycles. The summed E-state index contributed by atoms with van der Waals surface area (Å²) in [6.45, 7) is 8.79. The van der Waals surface area contributed by atoms with Crippen LogP contribution in [0.3, 0.4) is 0 Å². The number of rotatable bonds is 4. The first-order valence-corrected chi connectivity index (χ1v) is 11.0. The summed E-state index contributed by atoms with van der Waals surface area (Å²) in [7, 11) is -3.59. The van der Waals surface area contributed by atoms with Crippen molar-refractivity contribution < 1.29 is 17.9 Å². The number of hydrogen-bond acceptors (Lipinski definition) is 4. The van der Waals surface area contributed by atoms with Crippen LogP contribution in [-0.2, 0) is 14.8 Å². The molecular formula is C18H27BrN2O4S. The number of aryl methyl sites for hydroxylation is 1. The van der Waals surface area contributed by atoms with Crippen LogP contribution in [0.15, 0.2) is 27.6 Å². The van der Waals surface area contributed by atoms with E-state index in [4.69, 9.17) is 4.74 Å². The molecule has 1 fully saturated rings. The number of sulfonamides is 1. The number of nitrogens with one attached hydrogen (secondary N) is 1. The van der Waals surface area contributed by atoms with Crippen LogP contribution in [0.25, 0.3) is 0 Å². The highest BCUT2D eigenvalue weighted by Gasteiger charge is 2.28. The third-order valence-electron chi connectivity index (χ3n) is 4.06. The number of amides is 1. The third kappa shape index (κ3) is 6.25. The normalized spacial score (nSPS) is 18.7. The topological polar surface area (TPSA) is 75.7 Å². The zero-order valence-corrected chi connectivity index (χ0v) is 18.1. The summed E-state index contributed by atoms with van der Waals surface area (Å²) in [5.74, 6) is 0.0688. The SMILES string of the molecule is Cc1cc(Br)cc(S(=O)(=O)NCC2CCCN(C(=O)OC(C)(C)C)C2)c1. The zero-order chi connectivity index (χ0) is 19.5. The smallest absolute Gasteiger partial charge is 0.410 e. The van der Waals surface area contributed by atoms with E-state index in [2.05, 4.69) is 20.7 Å². The van der Waals surface area contributed by atoms with Crippen molar-refractivity contribution in [3.63, 3.8) is 0 Å². The fourth-order valence-corrected chi connectivity index (χ4v) is 4.90. The van der Waals surface area contributed by atoms with E-state index in [1.807, 2.05) is 33.8 Å². The maximum atomic E-state index is 12.5. The predicted molar refractivity (Wildman–Crippen MR) is 105 cm³/mol. The molecule has 26 heavy (non-hydrogen) atoms. The number of halogens is 1. The first kappa shape index (κ1) is 21.2. The van der Waals surface area contributed by atoms with Crippen LogP contribution in [-0.4, -0.2) is 44.6 Å². The molecule has 1 unspecified atom stereocenters. The Kier molecular flexibility index (Phi) is 6.74. The minimum Gasteiger partial charge on any atom is -0.444 e. The minimum atomic E-state index is -3.59. The average Bonchev–Trinajstić information content (AvgIpc) is 2.51. The van der Waals surface area contributed by atoms with E-state index in [9.17, 15) is 13.2 Å². The summed E-state index contributed by atoms with van der Waals surface area (Å²) >= 11 is 3.33. The molecule has 1 aliphatic heterocycles. The van der Waals surface area contributed by atoms with Gasteiger partial charge in [0, 0.05) is 24.1 Å². The Morgan fingerprint density at radius 1 is 1.35 bits per heavy atom. The monoisotopic (exact) mass is 446 g/mol. The van der Waals surface area contributed by atoms with Gasteiger partial charge in [0.05, 0.1) is 4.90 Å². The van der Waals surface area contributed by atoms with Crippen LogP contribution in [0, 0.1) is 12.8 Å². The summed E-state index contributed by atoms with van der Waals surface area (Å²) in [5, 5.41) is 0. The summed E-state index contributed by atoms with van der Waals surface area (Å²) in [6, 6.07) is 5.09. The molecule has 1 N–H and O–H groups in total. The fourth-order valence-electron chi connectivity index (χ4n) is 2.89. The average molecular weight is 447 g/mol. The third-order valence-corrected chi connectivity index (χ3v) is 5.92. The highest BCUT2D eigenvalue weighted by Crippen LogP contribution is 2.21. The Bertz CT molecular complexity index is 739. The predicted octanol–water partition coefficient (Wildman–Crippen LogP) is 3.68. The van der Waals surface area contributed by atoms with Crippen molar-refractivity contribution in [1.29, 1.82) is 0 Å². The van der Waals surface area contributed by atoms with Crippen molar-refractivity contribution in [3.05, 3.63) is 28.2 Å². The largest absolute Gasteiger partial charge is 0.444 e. The molecule has 2 rings (SSSR count). The number of benzene rings is 1. The lowest BCUT2D eigenvalue weighted by atomic mass is 9.99. The van der Waals surface area contributed by atoms with Crippen LogP contribution >= 0.6 is 15.9 Å². The maximum absolute atomic E-state index is 12.5. The first-order chi connectivity index (χ1) is 12.0. The highest BCUT2D eigenvalue weighted by molar-refractivity contribution is 9.10. The Balaban J connectivity index is 1.97. The lowest BCUT2D eigenvalue weighted by Crippen LogP contribution is -2.45. The Morgan fingerprint density at radius 2 is 2.04 bits per heavy atom. The van der Waals surface area contributed by atoms with E-state index in [0.29, 0.717) is 19.6 Å². The zero-order valence-electron chi connectivity index (χ0n) is 15.7. The van der Waals surface area contributed by atoms with Gasteiger partial charge in [-0.1, -0.05) is 15.9 Å². The molecule has 1 aliphatic rings. The van der Waals surface area contributed by atoms with Crippen molar-refractivity contribution in [3.8, 4) is 0 Å². The van der Waals surface area contributed by atoms with Gasteiger partial charge in [-0.25, -0.2) is 17.9 Å². The van der Waals surface area contributed by atoms with E-state index in [1.54, 1.807) is 17.0 Å². The molecule has 0 aliphatic carbocycles. The molecule has 1 aromatic rings. The molecule has 1 heterocycles. The maximum Gasteiger partial charge on any atom is 0.410 e. The van der Waals surface area contributed by atoms with Gasteiger partial charge >= 0.3 is 6.09 Å². The fraction of sp³-hybridized carbons (Fsp3) is 0.611. The summed E-state index contributed by atoms with van der Waals surface area (Å²) < 4.78 is 33.9. The van der Waals surface area contributed by atoms with Crippen molar-refractivity contribution in [1.82, 2.24) is 9.62 Å².